The summed E-state index contributed by atoms with van der Waals surface area (Å²) in [5, 5.41) is 16.7. The van der Waals surface area contributed by atoms with Gasteiger partial charge in [0.05, 0.1) is 17.4 Å². The van der Waals surface area contributed by atoms with Crippen molar-refractivity contribution in [2.45, 2.75) is 11.7 Å². The highest BCUT2D eigenvalue weighted by Gasteiger charge is 2.21. The number of hydrogen-bond acceptors (Lipinski definition) is 4. The molecule has 5 heteroatoms. The standard InChI is InChI=1S/C13H13N3OS/c14-6-8-16(9-7-15)13(17)12(18)10-11-4-2-1-3-5-11/h1-5,12,18H,8-10H2. The van der Waals surface area contributed by atoms with Gasteiger partial charge in [0.15, 0.2) is 0 Å². The third kappa shape index (κ3) is 4.12. The monoisotopic (exact) mass is 259 g/mol. The topological polar surface area (TPSA) is 67.9 Å². The van der Waals surface area contributed by atoms with Crippen LogP contribution < -0.4 is 0 Å². The average Bonchev–Trinajstić information content (AvgIpc) is 2.39. The molecule has 0 aliphatic carbocycles. The third-order valence-electron chi connectivity index (χ3n) is 2.39. The van der Waals surface area contributed by atoms with Gasteiger partial charge in [0.25, 0.3) is 0 Å². The van der Waals surface area contributed by atoms with Crippen LogP contribution in [-0.4, -0.2) is 29.1 Å². The summed E-state index contributed by atoms with van der Waals surface area (Å²) in [4.78, 5) is 13.2. The van der Waals surface area contributed by atoms with Crippen molar-refractivity contribution in [3.8, 4) is 12.1 Å². The first-order valence-electron chi connectivity index (χ1n) is 5.43. The molecule has 1 rings (SSSR count). The van der Waals surface area contributed by atoms with Crippen molar-refractivity contribution in [3.05, 3.63) is 35.9 Å². The summed E-state index contributed by atoms with van der Waals surface area (Å²) in [5.41, 5.74) is 1.000. The summed E-state index contributed by atoms with van der Waals surface area (Å²) in [7, 11) is 0. The second kappa shape index (κ2) is 7.37. The van der Waals surface area contributed by atoms with E-state index in [1.54, 1.807) is 0 Å². The van der Waals surface area contributed by atoms with Crippen LogP contribution in [0, 0.1) is 22.7 Å². The Kier molecular flexibility index (Phi) is 5.76. The minimum Gasteiger partial charge on any atom is -0.315 e. The molecule has 0 aliphatic heterocycles. The summed E-state index contributed by atoms with van der Waals surface area (Å²) in [6.07, 6.45) is 0.482. The van der Waals surface area contributed by atoms with E-state index in [1.165, 1.54) is 4.90 Å². The second-order valence-electron chi connectivity index (χ2n) is 3.72. The Hall–Kier alpha value is -1.98. The van der Waals surface area contributed by atoms with Crippen molar-refractivity contribution in [3.63, 3.8) is 0 Å². The highest BCUT2D eigenvalue weighted by Crippen LogP contribution is 2.10. The summed E-state index contributed by atoms with van der Waals surface area (Å²) < 4.78 is 0. The number of thiol groups is 1. The quantitative estimate of drug-likeness (QED) is 0.642. The largest absolute Gasteiger partial charge is 0.315 e. The summed E-state index contributed by atoms with van der Waals surface area (Å²) in [6, 6.07) is 13.3. The van der Waals surface area contributed by atoms with Gasteiger partial charge in [-0.3, -0.25) is 4.79 Å². The third-order valence-corrected chi connectivity index (χ3v) is 2.80. The van der Waals surface area contributed by atoms with Gasteiger partial charge < -0.3 is 4.90 Å². The normalized spacial score (nSPS) is 11.1. The summed E-state index contributed by atoms with van der Waals surface area (Å²) in [5.74, 6) is -0.287. The van der Waals surface area contributed by atoms with E-state index in [4.69, 9.17) is 10.5 Å². The molecule has 1 aromatic rings. The number of carbonyl (C=O) groups is 1. The van der Waals surface area contributed by atoms with E-state index in [0.717, 1.165) is 5.56 Å². The molecular weight excluding hydrogens is 246 g/mol. The predicted molar refractivity (Wildman–Crippen MR) is 70.7 cm³/mol. The molecule has 0 fully saturated rings. The Balaban J connectivity index is 2.65. The van der Waals surface area contributed by atoms with Crippen LogP contribution in [0.15, 0.2) is 30.3 Å². The predicted octanol–water partition coefficient (Wildman–Crippen LogP) is 1.40. The Morgan fingerprint density at radius 2 is 1.78 bits per heavy atom. The Labute approximate surface area is 112 Å². The van der Waals surface area contributed by atoms with Crippen LogP contribution in [-0.2, 0) is 11.2 Å². The lowest BCUT2D eigenvalue weighted by Crippen LogP contribution is -2.38. The first-order valence-corrected chi connectivity index (χ1v) is 5.95. The fourth-order valence-corrected chi connectivity index (χ4v) is 1.89. The summed E-state index contributed by atoms with van der Waals surface area (Å²) in [6.45, 7) is -0.170. The zero-order valence-electron chi connectivity index (χ0n) is 9.78. The molecule has 0 N–H and O–H groups in total. The zero-order chi connectivity index (χ0) is 13.4. The molecular formula is C13H13N3OS. The van der Waals surface area contributed by atoms with Crippen molar-refractivity contribution in [1.29, 1.82) is 10.5 Å². The van der Waals surface area contributed by atoms with Crippen LogP contribution >= 0.6 is 12.6 Å². The highest BCUT2D eigenvalue weighted by atomic mass is 32.1. The van der Waals surface area contributed by atoms with Crippen LogP contribution in [0.1, 0.15) is 5.56 Å². The van der Waals surface area contributed by atoms with E-state index < -0.39 is 5.25 Å². The molecule has 1 atom stereocenters. The first kappa shape index (κ1) is 14.1. The number of benzene rings is 1. The van der Waals surface area contributed by atoms with Crippen molar-refractivity contribution in [1.82, 2.24) is 4.90 Å². The zero-order valence-corrected chi connectivity index (χ0v) is 10.7. The molecule has 1 amide bonds. The number of nitriles is 2. The number of carbonyl (C=O) groups excluding carboxylic acids is 1. The fraction of sp³-hybridized carbons (Fsp3) is 0.308. The Bertz CT molecular complexity index is 459. The minimum atomic E-state index is -0.533. The maximum Gasteiger partial charge on any atom is 0.237 e. The molecule has 4 nitrogen and oxygen atoms in total. The Morgan fingerprint density at radius 1 is 1.22 bits per heavy atom. The molecule has 18 heavy (non-hydrogen) atoms. The van der Waals surface area contributed by atoms with E-state index in [1.807, 2.05) is 42.5 Å². The second-order valence-corrected chi connectivity index (χ2v) is 4.34. The lowest BCUT2D eigenvalue weighted by Gasteiger charge is -2.20. The number of rotatable bonds is 5. The molecule has 0 bridgehead atoms. The van der Waals surface area contributed by atoms with Gasteiger partial charge in [-0.2, -0.15) is 23.2 Å². The lowest BCUT2D eigenvalue weighted by molar-refractivity contribution is -0.129. The molecule has 0 spiro atoms. The average molecular weight is 259 g/mol. The van der Waals surface area contributed by atoms with Crippen LogP contribution in [0.2, 0.25) is 0 Å². The Morgan fingerprint density at radius 3 is 2.28 bits per heavy atom. The molecule has 0 aliphatic rings. The molecule has 0 saturated carbocycles. The maximum atomic E-state index is 12.0. The van der Waals surface area contributed by atoms with Gasteiger partial charge in [0, 0.05) is 0 Å². The van der Waals surface area contributed by atoms with Crippen molar-refractivity contribution in [2.75, 3.05) is 13.1 Å². The van der Waals surface area contributed by atoms with E-state index in [9.17, 15) is 4.79 Å². The van der Waals surface area contributed by atoms with Gasteiger partial charge in [-0.25, -0.2) is 0 Å². The lowest BCUT2D eigenvalue weighted by atomic mass is 10.1. The minimum absolute atomic E-state index is 0.0851. The van der Waals surface area contributed by atoms with Crippen molar-refractivity contribution in [2.24, 2.45) is 0 Å². The molecule has 1 aromatic carbocycles. The maximum absolute atomic E-state index is 12.0. The van der Waals surface area contributed by atoms with E-state index in [2.05, 4.69) is 12.6 Å². The number of amides is 1. The SMILES string of the molecule is N#CCN(CC#N)C(=O)C(S)Cc1ccccc1. The van der Waals surface area contributed by atoms with E-state index in [-0.39, 0.29) is 19.0 Å². The molecule has 92 valence electrons. The van der Waals surface area contributed by atoms with Gasteiger partial charge in [-0.15, -0.1) is 0 Å². The van der Waals surface area contributed by atoms with Gasteiger partial charge >= 0.3 is 0 Å². The molecule has 0 heterocycles. The number of nitrogens with zero attached hydrogens (tertiary/aromatic N) is 3. The van der Waals surface area contributed by atoms with Gasteiger partial charge in [0.2, 0.25) is 5.91 Å². The van der Waals surface area contributed by atoms with E-state index in [0.29, 0.717) is 6.42 Å². The van der Waals surface area contributed by atoms with Gasteiger partial charge in [-0.05, 0) is 12.0 Å². The van der Waals surface area contributed by atoms with Crippen LogP contribution in [0.25, 0.3) is 0 Å². The molecule has 0 radical (unpaired) electrons. The van der Waals surface area contributed by atoms with Gasteiger partial charge in [0.1, 0.15) is 13.1 Å². The molecule has 0 aromatic heterocycles. The number of hydrogen-bond donors (Lipinski definition) is 1. The van der Waals surface area contributed by atoms with Gasteiger partial charge in [-0.1, -0.05) is 30.3 Å². The fourth-order valence-electron chi connectivity index (χ4n) is 1.52. The van der Waals surface area contributed by atoms with E-state index >= 15 is 0 Å². The van der Waals surface area contributed by atoms with Crippen LogP contribution in [0.5, 0.6) is 0 Å². The molecule has 1 unspecified atom stereocenters. The van der Waals surface area contributed by atoms with Crippen LogP contribution in [0.4, 0.5) is 0 Å². The van der Waals surface area contributed by atoms with Crippen molar-refractivity contribution < 1.29 is 4.79 Å². The smallest absolute Gasteiger partial charge is 0.237 e. The molecule has 0 saturated heterocycles. The first-order chi connectivity index (χ1) is 8.69. The highest BCUT2D eigenvalue weighted by molar-refractivity contribution is 7.81. The summed E-state index contributed by atoms with van der Waals surface area (Å²) >= 11 is 4.25. The van der Waals surface area contributed by atoms with Crippen LogP contribution in [0.3, 0.4) is 0 Å². The van der Waals surface area contributed by atoms with Crippen molar-refractivity contribution >= 4 is 18.5 Å².